The monoisotopic (exact) mass is 379 g/mol. The number of benzene rings is 1. The predicted octanol–water partition coefficient (Wildman–Crippen LogP) is 2.25. The van der Waals surface area contributed by atoms with Gasteiger partial charge in [-0.25, -0.2) is 4.79 Å². The molecule has 1 rings (SSSR count). The van der Waals surface area contributed by atoms with Gasteiger partial charge in [0.25, 0.3) is 5.91 Å². The van der Waals surface area contributed by atoms with Gasteiger partial charge < -0.3 is 24.3 Å². The average Bonchev–Trinajstić information content (AvgIpc) is 2.58. The molecule has 0 aliphatic heterocycles. The maximum absolute atomic E-state index is 12.9. The van der Waals surface area contributed by atoms with Crippen LogP contribution in [-0.2, 0) is 30.0 Å². The quantitative estimate of drug-likeness (QED) is 0.496. The van der Waals surface area contributed by atoms with E-state index in [0.29, 0.717) is 6.61 Å². The van der Waals surface area contributed by atoms with Gasteiger partial charge in [-0.05, 0) is 25.1 Å². The number of nitrogens with one attached hydrogen (secondary N) is 1. The third kappa shape index (κ3) is 7.70. The Hall–Kier alpha value is -2.33. The standard InChI is InChI=1S/C16H20F3NO6/c1-3-24-10-15(22)26-9-14(21)20-12-8-11(16(17,18)19)4-5-13(12)25-7-6-23-2/h4-5,8H,3,6-7,9-10H2,1-2H3,(H,20,21). The van der Waals surface area contributed by atoms with Gasteiger partial charge in [0.15, 0.2) is 6.61 Å². The molecule has 0 radical (unpaired) electrons. The van der Waals surface area contributed by atoms with Gasteiger partial charge in [-0.15, -0.1) is 0 Å². The van der Waals surface area contributed by atoms with Crippen molar-refractivity contribution in [3.8, 4) is 5.75 Å². The van der Waals surface area contributed by atoms with Crippen molar-refractivity contribution in [2.75, 3.05) is 45.5 Å². The number of hydrogen-bond donors (Lipinski definition) is 1. The lowest BCUT2D eigenvalue weighted by atomic mass is 10.1. The number of anilines is 1. The van der Waals surface area contributed by atoms with Crippen molar-refractivity contribution in [2.24, 2.45) is 0 Å². The van der Waals surface area contributed by atoms with E-state index in [1.54, 1.807) is 6.92 Å². The molecule has 0 aliphatic rings. The van der Waals surface area contributed by atoms with Gasteiger partial charge in [0.2, 0.25) is 0 Å². The number of carbonyl (C=O) groups excluding carboxylic acids is 2. The molecule has 0 fully saturated rings. The summed E-state index contributed by atoms with van der Waals surface area (Å²) in [5.41, 5.74) is -1.15. The summed E-state index contributed by atoms with van der Waals surface area (Å²) in [7, 11) is 1.44. The van der Waals surface area contributed by atoms with E-state index in [1.165, 1.54) is 7.11 Å². The lowest BCUT2D eigenvalue weighted by Crippen LogP contribution is -2.23. The number of halogens is 3. The Morgan fingerprint density at radius 2 is 1.88 bits per heavy atom. The summed E-state index contributed by atoms with van der Waals surface area (Å²) >= 11 is 0. The van der Waals surface area contributed by atoms with Crippen molar-refractivity contribution >= 4 is 17.6 Å². The highest BCUT2D eigenvalue weighted by molar-refractivity contribution is 5.94. The highest BCUT2D eigenvalue weighted by Crippen LogP contribution is 2.35. The number of rotatable bonds is 10. The zero-order chi connectivity index (χ0) is 19.6. The zero-order valence-corrected chi connectivity index (χ0v) is 14.4. The molecule has 1 N–H and O–H groups in total. The molecule has 0 spiro atoms. The molecule has 146 valence electrons. The number of carbonyl (C=O) groups is 2. The molecular weight excluding hydrogens is 359 g/mol. The van der Waals surface area contributed by atoms with Gasteiger partial charge in [0.1, 0.15) is 19.0 Å². The Morgan fingerprint density at radius 3 is 2.50 bits per heavy atom. The minimum atomic E-state index is -4.59. The fourth-order valence-corrected chi connectivity index (χ4v) is 1.72. The van der Waals surface area contributed by atoms with Crippen LogP contribution >= 0.6 is 0 Å². The van der Waals surface area contributed by atoms with Crippen LogP contribution in [-0.4, -0.2) is 52.0 Å². The molecule has 0 saturated carbocycles. The van der Waals surface area contributed by atoms with Crippen LogP contribution in [0.5, 0.6) is 5.75 Å². The first-order valence-corrected chi connectivity index (χ1v) is 7.64. The van der Waals surface area contributed by atoms with Crippen LogP contribution in [0, 0.1) is 0 Å². The van der Waals surface area contributed by atoms with Crippen LogP contribution in [0.3, 0.4) is 0 Å². The summed E-state index contributed by atoms with van der Waals surface area (Å²) in [6.07, 6.45) is -4.59. The molecule has 7 nitrogen and oxygen atoms in total. The summed E-state index contributed by atoms with van der Waals surface area (Å²) in [5, 5.41) is 2.24. The molecule has 0 bridgehead atoms. The normalized spacial score (nSPS) is 11.1. The SMILES string of the molecule is CCOCC(=O)OCC(=O)Nc1cc(C(F)(F)F)ccc1OCCOC. The Morgan fingerprint density at radius 1 is 1.15 bits per heavy atom. The summed E-state index contributed by atoms with van der Waals surface area (Å²) in [6, 6.07) is 2.66. The van der Waals surface area contributed by atoms with E-state index in [1.807, 2.05) is 0 Å². The van der Waals surface area contributed by atoms with Crippen LogP contribution in [0.1, 0.15) is 12.5 Å². The smallest absolute Gasteiger partial charge is 0.416 e. The topological polar surface area (TPSA) is 83.1 Å². The Labute approximate surface area is 148 Å². The van der Waals surface area contributed by atoms with E-state index in [2.05, 4.69) is 10.1 Å². The van der Waals surface area contributed by atoms with Crippen LogP contribution in [0.4, 0.5) is 18.9 Å². The second-order valence-corrected chi connectivity index (χ2v) is 4.90. The Kier molecular flexibility index (Phi) is 8.86. The molecular formula is C16H20F3NO6. The lowest BCUT2D eigenvalue weighted by Gasteiger charge is -2.15. The summed E-state index contributed by atoms with van der Waals surface area (Å²) < 4.78 is 58.1. The van der Waals surface area contributed by atoms with Gasteiger partial charge in [0, 0.05) is 13.7 Å². The van der Waals surface area contributed by atoms with E-state index in [4.69, 9.17) is 14.2 Å². The fourth-order valence-electron chi connectivity index (χ4n) is 1.72. The second kappa shape index (κ2) is 10.6. The van der Waals surface area contributed by atoms with E-state index >= 15 is 0 Å². The van der Waals surface area contributed by atoms with E-state index < -0.39 is 30.2 Å². The Bertz CT molecular complexity index is 606. The highest BCUT2D eigenvalue weighted by atomic mass is 19.4. The molecule has 0 aliphatic carbocycles. The van der Waals surface area contributed by atoms with E-state index in [9.17, 15) is 22.8 Å². The first kappa shape index (κ1) is 21.7. The number of methoxy groups -OCH3 is 1. The van der Waals surface area contributed by atoms with Gasteiger partial charge in [-0.1, -0.05) is 0 Å². The lowest BCUT2D eigenvalue weighted by molar-refractivity contribution is -0.151. The molecule has 0 atom stereocenters. The zero-order valence-electron chi connectivity index (χ0n) is 14.4. The van der Waals surface area contributed by atoms with Crippen molar-refractivity contribution in [1.82, 2.24) is 0 Å². The van der Waals surface area contributed by atoms with Crippen molar-refractivity contribution < 1.29 is 41.7 Å². The summed E-state index contributed by atoms with van der Waals surface area (Å²) in [5.74, 6) is -1.54. The predicted molar refractivity (Wildman–Crippen MR) is 84.9 cm³/mol. The molecule has 0 saturated heterocycles. The van der Waals surface area contributed by atoms with Gasteiger partial charge in [-0.2, -0.15) is 13.2 Å². The Balaban J connectivity index is 2.79. The molecule has 1 aromatic carbocycles. The van der Waals surface area contributed by atoms with Crippen molar-refractivity contribution in [3.63, 3.8) is 0 Å². The molecule has 0 heterocycles. The third-order valence-corrected chi connectivity index (χ3v) is 2.91. The molecule has 10 heteroatoms. The van der Waals surface area contributed by atoms with Crippen LogP contribution < -0.4 is 10.1 Å². The van der Waals surface area contributed by atoms with E-state index in [-0.39, 0.29) is 31.3 Å². The van der Waals surface area contributed by atoms with Crippen molar-refractivity contribution in [3.05, 3.63) is 23.8 Å². The number of amides is 1. The van der Waals surface area contributed by atoms with Crippen LogP contribution in [0.15, 0.2) is 18.2 Å². The molecule has 0 unspecified atom stereocenters. The van der Waals surface area contributed by atoms with Gasteiger partial charge >= 0.3 is 12.1 Å². The average molecular weight is 379 g/mol. The number of hydrogen-bond acceptors (Lipinski definition) is 6. The maximum Gasteiger partial charge on any atom is 0.416 e. The molecule has 26 heavy (non-hydrogen) atoms. The van der Waals surface area contributed by atoms with Crippen LogP contribution in [0.2, 0.25) is 0 Å². The van der Waals surface area contributed by atoms with Crippen molar-refractivity contribution in [2.45, 2.75) is 13.1 Å². The minimum absolute atomic E-state index is 0.0315. The van der Waals surface area contributed by atoms with Gasteiger partial charge in [-0.3, -0.25) is 4.79 Å². The molecule has 1 amide bonds. The molecule has 1 aromatic rings. The van der Waals surface area contributed by atoms with Crippen molar-refractivity contribution in [1.29, 1.82) is 0 Å². The fraction of sp³-hybridized carbons (Fsp3) is 0.500. The number of alkyl halides is 3. The maximum atomic E-state index is 12.9. The molecule has 0 aromatic heterocycles. The number of esters is 1. The first-order valence-electron chi connectivity index (χ1n) is 7.64. The largest absolute Gasteiger partial charge is 0.489 e. The minimum Gasteiger partial charge on any atom is -0.489 e. The van der Waals surface area contributed by atoms with Crippen LogP contribution in [0.25, 0.3) is 0 Å². The van der Waals surface area contributed by atoms with Gasteiger partial charge in [0.05, 0.1) is 17.9 Å². The summed E-state index contributed by atoms with van der Waals surface area (Å²) in [4.78, 5) is 23.1. The summed E-state index contributed by atoms with van der Waals surface area (Å²) in [6.45, 7) is 1.28. The highest BCUT2D eigenvalue weighted by Gasteiger charge is 2.31. The van der Waals surface area contributed by atoms with E-state index in [0.717, 1.165) is 18.2 Å². The third-order valence-electron chi connectivity index (χ3n) is 2.91. The number of ether oxygens (including phenoxy) is 4. The second-order valence-electron chi connectivity index (χ2n) is 4.90. The first-order chi connectivity index (χ1) is 12.3.